The van der Waals surface area contributed by atoms with E-state index < -0.39 is 23.9 Å². The number of anilines is 1. The van der Waals surface area contributed by atoms with Gasteiger partial charge in [0.2, 0.25) is 0 Å². The number of carbonyl (C=O) groups is 4. The van der Waals surface area contributed by atoms with Crippen LogP contribution in [0.15, 0.2) is 48.5 Å². The topological polar surface area (TPSA) is 92.8 Å². The van der Waals surface area contributed by atoms with Crippen molar-refractivity contribution in [1.82, 2.24) is 5.32 Å². The average Bonchev–Trinajstić information content (AvgIpc) is 2.97. The van der Waals surface area contributed by atoms with E-state index in [1.165, 1.54) is 31.2 Å². The minimum Gasteiger partial charge on any atom is -0.449 e. The first-order chi connectivity index (χ1) is 13.8. The van der Waals surface area contributed by atoms with Gasteiger partial charge in [0.1, 0.15) is 0 Å². The minimum atomic E-state index is -0.933. The summed E-state index contributed by atoms with van der Waals surface area (Å²) in [6.45, 7) is 5.93. The fourth-order valence-electron chi connectivity index (χ4n) is 2.90. The molecule has 0 saturated carbocycles. The molecule has 1 N–H and O–H groups in total. The van der Waals surface area contributed by atoms with Crippen molar-refractivity contribution in [3.8, 4) is 0 Å². The summed E-state index contributed by atoms with van der Waals surface area (Å²) < 4.78 is 5.19. The number of amides is 3. The normalized spacial score (nSPS) is 14.0. The third-order valence-corrected chi connectivity index (χ3v) is 4.49. The van der Waals surface area contributed by atoms with Gasteiger partial charge < -0.3 is 10.1 Å². The highest BCUT2D eigenvalue weighted by molar-refractivity contribution is 6.34. The zero-order valence-electron chi connectivity index (χ0n) is 16.5. The number of hydrogen-bond acceptors (Lipinski definition) is 5. The molecule has 2 aromatic carbocycles. The van der Waals surface area contributed by atoms with Gasteiger partial charge in [-0.2, -0.15) is 0 Å². The molecule has 0 aromatic heterocycles. The number of carbonyl (C=O) groups excluding carboxylic acids is 4. The van der Waals surface area contributed by atoms with E-state index >= 15 is 0 Å². The van der Waals surface area contributed by atoms with E-state index in [1.807, 2.05) is 13.8 Å². The number of benzene rings is 2. The number of imide groups is 1. The molecule has 0 fully saturated rings. The zero-order chi connectivity index (χ0) is 21.1. The summed E-state index contributed by atoms with van der Waals surface area (Å²) in [7, 11) is 0. The van der Waals surface area contributed by atoms with Crippen molar-refractivity contribution >= 4 is 29.4 Å². The molecule has 2 aromatic rings. The first kappa shape index (κ1) is 20.3. The number of rotatable bonds is 6. The molecule has 0 aliphatic carbocycles. The molecular weight excluding hydrogens is 372 g/mol. The Balaban J connectivity index is 1.68. The molecule has 1 aliphatic heterocycles. The Morgan fingerprint density at radius 2 is 1.48 bits per heavy atom. The van der Waals surface area contributed by atoms with Crippen LogP contribution in [0.1, 0.15) is 51.8 Å². The van der Waals surface area contributed by atoms with Gasteiger partial charge in [0.05, 0.1) is 22.4 Å². The Kier molecular flexibility index (Phi) is 5.77. The molecule has 0 unspecified atom stereocenters. The largest absolute Gasteiger partial charge is 0.449 e. The van der Waals surface area contributed by atoms with Gasteiger partial charge >= 0.3 is 5.97 Å². The van der Waals surface area contributed by atoms with Crippen LogP contribution in [0.3, 0.4) is 0 Å². The van der Waals surface area contributed by atoms with Crippen LogP contribution in [0.25, 0.3) is 0 Å². The van der Waals surface area contributed by atoms with Crippen molar-refractivity contribution in [3.63, 3.8) is 0 Å². The molecule has 150 valence electrons. The Labute approximate surface area is 168 Å². The number of fused-ring (bicyclic) bond motifs is 1. The van der Waals surface area contributed by atoms with Gasteiger partial charge in [-0.15, -0.1) is 0 Å². The molecule has 29 heavy (non-hydrogen) atoms. The van der Waals surface area contributed by atoms with E-state index in [0.29, 0.717) is 23.4 Å². The van der Waals surface area contributed by atoms with Crippen LogP contribution in [0, 0.1) is 5.92 Å². The molecule has 1 aliphatic rings. The summed E-state index contributed by atoms with van der Waals surface area (Å²) in [5, 5.41) is 2.71. The summed E-state index contributed by atoms with van der Waals surface area (Å²) in [6.07, 6.45) is -0.933. The lowest BCUT2D eigenvalue weighted by Crippen LogP contribution is -2.37. The van der Waals surface area contributed by atoms with Gasteiger partial charge in [0, 0.05) is 6.54 Å². The third-order valence-electron chi connectivity index (χ3n) is 4.49. The van der Waals surface area contributed by atoms with Gasteiger partial charge in [-0.25, -0.2) is 9.69 Å². The van der Waals surface area contributed by atoms with Crippen LogP contribution in [0.2, 0.25) is 0 Å². The summed E-state index contributed by atoms with van der Waals surface area (Å²) in [6, 6.07) is 12.5. The standard InChI is InChI=1S/C22H22N2O5/c1-13(2)12-23-19(25)14(3)29-22(28)15-8-10-16(11-9-15)24-20(26)17-6-4-5-7-18(17)21(24)27/h4-11,13-14H,12H2,1-3H3,(H,23,25)/t14-/m0/s1. The molecule has 1 heterocycles. The lowest BCUT2D eigenvalue weighted by molar-refractivity contribution is -0.129. The molecule has 0 bridgehead atoms. The van der Waals surface area contributed by atoms with Crippen molar-refractivity contribution in [1.29, 1.82) is 0 Å². The van der Waals surface area contributed by atoms with Crippen molar-refractivity contribution in [2.24, 2.45) is 5.92 Å². The van der Waals surface area contributed by atoms with Crippen molar-refractivity contribution < 1.29 is 23.9 Å². The lowest BCUT2D eigenvalue weighted by Gasteiger charge is -2.16. The zero-order valence-corrected chi connectivity index (χ0v) is 16.5. The van der Waals surface area contributed by atoms with Crippen molar-refractivity contribution in [2.45, 2.75) is 26.9 Å². The van der Waals surface area contributed by atoms with E-state index in [-0.39, 0.29) is 17.4 Å². The lowest BCUT2D eigenvalue weighted by atomic mass is 10.1. The average molecular weight is 394 g/mol. The van der Waals surface area contributed by atoms with Gasteiger partial charge in [0.15, 0.2) is 6.10 Å². The van der Waals surface area contributed by atoms with Crippen LogP contribution in [-0.2, 0) is 9.53 Å². The number of nitrogens with zero attached hydrogens (tertiary/aromatic N) is 1. The number of ether oxygens (including phenoxy) is 1. The summed E-state index contributed by atoms with van der Waals surface area (Å²) in [5.74, 6) is -1.55. The second kappa shape index (κ2) is 8.26. The summed E-state index contributed by atoms with van der Waals surface area (Å²) in [5.41, 5.74) is 1.27. The van der Waals surface area contributed by atoms with Gasteiger partial charge in [-0.3, -0.25) is 14.4 Å². The summed E-state index contributed by atoms with van der Waals surface area (Å²) >= 11 is 0. The van der Waals surface area contributed by atoms with Gasteiger partial charge in [-0.05, 0) is 49.2 Å². The van der Waals surface area contributed by atoms with Gasteiger partial charge in [-0.1, -0.05) is 26.0 Å². The SMILES string of the molecule is CC(C)CNC(=O)[C@H](C)OC(=O)c1ccc(N2C(=O)c3ccccc3C2=O)cc1. The monoisotopic (exact) mass is 394 g/mol. The molecule has 3 amide bonds. The molecule has 0 saturated heterocycles. The fraction of sp³-hybridized carbons (Fsp3) is 0.273. The Morgan fingerprint density at radius 3 is 2.00 bits per heavy atom. The molecule has 0 radical (unpaired) electrons. The van der Waals surface area contributed by atoms with E-state index in [0.717, 1.165) is 4.90 Å². The maximum absolute atomic E-state index is 12.5. The van der Waals surface area contributed by atoms with E-state index in [1.54, 1.807) is 24.3 Å². The van der Waals surface area contributed by atoms with Crippen LogP contribution in [0.4, 0.5) is 5.69 Å². The molecule has 1 atom stereocenters. The molecule has 7 heteroatoms. The Morgan fingerprint density at radius 1 is 0.931 bits per heavy atom. The minimum absolute atomic E-state index is 0.217. The summed E-state index contributed by atoms with van der Waals surface area (Å²) in [4.78, 5) is 50.4. The van der Waals surface area contributed by atoms with E-state index in [2.05, 4.69) is 5.32 Å². The van der Waals surface area contributed by atoms with Crippen LogP contribution in [-0.4, -0.2) is 36.3 Å². The number of hydrogen-bond donors (Lipinski definition) is 1. The maximum atomic E-state index is 12.5. The highest BCUT2D eigenvalue weighted by atomic mass is 16.5. The Hall–Kier alpha value is -3.48. The first-order valence-corrected chi connectivity index (χ1v) is 9.36. The van der Waals surface area contributed by atoms with E-state index in [9.17, 15) is 19.2 Å². The molecule has 7 nitrogen and oxygen atoms in total. The highest BCUT2D eigenvalue weighted by Gasteiger charge is 2.36. The van der Waals surface area contributed by atoms with Crippen LogP contribution in [0.5, 0.6) is 0 Å². The predicted molar refractivity (Wildman–Crippen MR) is 107 cm³/mol. The van der Waals surface area contributed by atoms with Crippen molar-refractivity contribution in [2.75, 3.05) is 11.4 Å². The van der Waals surface area contributed by atoms with Crippen molar-refractivity contribution in [3.05, 3.63) is 65.2 Å². The number of nitrogens with one attached hydrogen (secondary N) is 1. The number of esters is 1. The van der Waals surface area contributed by atoms with E-state index in [4.69, 9.17) is 4.74 Å². The maximum Gasteiger partial charge on any atom is 0.338 e. The molecule has 3 rings (SSSR count). The highest BCUT2D eigenvalue weighted by Crippen LogP contribution is 2.28. The van der Waals surface area contributed by atoms with Crippen LogP contribution >= 0.6 is 0 Å². The first-order valence-electron chi connectivity index (χ1n) is 9.36. The second-order valence-corrected chi connectivity index (χ2v) is 7.22. The molecular formula is C22H22N2O5. The van der Waals surface area contributed by atoms with Gasteiger partial charge in [0.25, 0.3) is 17.7 Å². The predicted octanol–water partition coefficient (Wildman–Crippen LogP) is 2.80. The smallest absolute Gasteiger partial charge is 0.338 e. The quantitative estimate of drug-likeness (QED) is 0.601. The van der Waals surface area contributed by atoms with Crippen LogP contribution < -0.4 is 10.2 Å². The third kappa shape index (κ3) is 4.18. The Bertz CT molecular complexity index is 930. The second-order valence-electron chi connectivity index (χ2n) is 7.22. The fourth-order valence-corrected chi connectivity index (χ4v) is 2.90. The molecule has 0 spiro atoms.